The zero-order chi connectivity index (χ0) is 43.0. The lowest BCUT2D eigenvalue weighted by molar-refractivity contribution is -0.321. The number of nitriles is 1. The quantitative estimate of drug-likeness (QED) is 0.164. The van der Waals surface area contributed by atoms with E-state index in [-0.39, 0.29) is 43.6 Å². The highest BCUT2D eigenvalue weighted by Crippen LogP contribution is 2.40. The van der Waals surface area contributed by atoms with E-state index in [1.807, 2.05) is 48.7 Å². The summed E-state index contributed by atoms with van der Waals surface area (Å²) < 4.78 is 51.1. The predicted molar refractivity (Wildman–Crippen MR) is 215 cm³/mol. The minimum Gasteiger partial charge on any atom is -0.458 e. The third-order valence-electron chi connectivity index (χ3n) is 12.3. The predicted octanol–water partition coefficient (Wildman–Crippen LogP) is 5.24. The first-order valence-electron chi connectivity index (χ1n) is 20.9. The normalized spacial score (nSPS) is 42.9. The fraction of sp³-hybridized carbons (Fsp3) is 0.884. The van der Waals surface area contributed by atoms with Crippen molar-refractivity contribution in [3.05, 3.63) is 11.6 Å². The van der Waals surface area contributed by atoms with Crippen LogP contribution in [-0.2, 0) is 47.5 Å². The Bertz CT molecular complexity index is 1370. The zero-order valence-corrected chi connectivity index (χ0v) is 37.5. The van der Waals surface area contributed by atoms with Gasteiger partial charge in [0.05, 0.1) is 55.0 Å². The minimum atomic E-state index is -1.47. The van der Waals surface area contributed by atoms with Crippen molar-refractivity contribution in [1.29, 1.82) is 5.26 Å². The summed E-state index contributed by atoms with van der Waals surface area (Å²) in [6.07, 6.45) is -2.13. The number of methoxy groups -OCH3 is 1. The van der Waals surface area contributed by atoms with Gasteiger partial charge in [0.1, 0.15) is 17.8 Å². The van der Waals surface area contributed by atoms with Gasteiger partial charge in [0.25, 0.3) is 0 Å². The summed E-state index contributed by atoms with van der Waals surface area (Å²) in [4.78, 5) is 30.8. The van der Waals surface area contributed by atoms with Crippen LogP contribution in [0, 0.1) is 29.1 Å². The lowest BCUT2D eigenvalue weighted by Crippen LogP contribution is -2.61. The highest BCUT2D eigenvalue weighted by molar-refractivity contribution is 5.73. The van der Waals surface area contributed by atoms with Crippen LogP contribution in [0.5, 0.6) is 0 Å². The van der Waals surface area contributed by atoms with Crippen molar-refractivity contribution in [2.75, 3.05) is 41.4 Å². The number of carbonyl (C=O) groups is 2. The number of likely N-dealkylation sites (N-methyl/N-ethyl adjacent to an activating group) is 2. The summed E-state index contributed by atoms with van der Waals surface area (Å²) in [6, 6.07) is 2.09. The number of nitrogens with zero attached hydrogens (tertiary/aromatic N) is 3. The Kier molecular flexibility index (Phi) is 18.4. The van der Waals surface area contributed by atoms with Gasteiger partial charge in [0.2, 0.25) is 0 Å². The molecule has 0 saturated carbocycles. The van der Waals surface area contributed by atoms with Crippen LogP contribution in [-0.4, -0.2) is 147 Å². The molecule has 3 rings (SSSR count). The molecule has 1 N–H and O–H groups in total. The van der Waals surface area contributed by atoms with Crippen LogP contribution in [0.1, 0.15) is 108 Å². The van der Waals surface area contributed by atoms with Crippen molar-refractivity contribution in [1.82, 2.24) is 9.80 Å². The molecule has 0 radical (unpaired) electrons. The van der Waals surface area contributed by atoms with Crippen molar-refractivity contribution in [3.8, 4) is 6.07 Å². The van der Waals surface area contributed by atoms with Crippen molar-refractivity contribution < 1.29 is 52.6 Å². The summed E-state index contributed by atoms with van der Waals surface area (Å²) >= 11 is 0. The van der Waals surface area contributed by atoms with E-state index in [0.29, 0.717) is 25.8 Å². The van der Waals surface area contributed by atoms with Crippen LogP contribution in [0.2, 0.25) is 0 Å². The van der Waals surface area contributed by atoms with E-state index in [2.05, 4.69) is 42.8 Å². The van der Waals surface area contributed by atoms with Gasteiger partial charge < -0.3 is 47.9 Å². The van der Waals surface area contributed by atoms with Gasteiger partial charge in [-0.25, -0.2) is 0 Å². The third kappa shape index (κ3) is 12.9. The molecule has 0 amide bonds. The second kappa shape index (κ2) is 21.4. The van der Waals surface area contributed by atoms with E-state index in [9.17, 15) is 20.0 Å². The topological polar surface area (TPSA) is 158 Å². The van der Waals surface area contributed by atoms with Gasteiger partial charge in [-0.3, -0.25) is 14.5 Å². The number of cyclic esters (lactones) is 1. The largest absolute Gasteiger partial charge is 0.458 e. The smallest absolute Gasteiger partial charge is 0.311 e. The SMILES string of the molecule is CC[C@H]1OC(=O)[C@H](C)[C@@H](O[C@H]2C[C@@](C)(OC)[C@@H](OC(C)=O)[C@H](C)O2)[C@H](C)[C@@H](O[C@@H]2O[C@H](C)C[C@H](N(C)C)[C@H]2OCCC#N)[C@](C)(O)C[C@@H](C)CN(C)[C@H](C)/C=C/1C. The van der Waals surface area contributed by atoms with Crippen LogP contribution in [0.15, 0.2) is 11.6 Å². The van der Waals surface area contributed by atoms with Crippen LogP contribution in [0.3, 0.4) is 0 Å². The molecule has 3 aliphatic heterocycles. The van der Waals surface area contributed by atoms with E-state index in [1.54, 1.807) is 27.9 Å². The molecule has 0 unspecified atom stereocenters. The van der Waals surface area contributed by atoms with Gasteiger partial charge in [-0.1, -0.05) is 26.8 Å². The highest BCUT2D eigenvalue weighted by atomic mass is 16.7. The Balaban J connectivity index is 2.19. The minimum absolute atomic E-state index is 0.0211. The molecule has 2 fully saturated rings. The highest BCUT2D eigenvalue weighted by Gasteiger charge is 2.53. The first-order valence-corrected chi connectivity index (χ1v) is 20.9. The number of esters is 2. The standard InChI is InChI=1S/C43H75N3O11/c1-16-34-26(3)20-27(4)46(14)24-25(2)22-42(10,49)38(57-41-37(51-19-17-18-44)33(45(12)13)21-28(5)52-41)29(6)36(30(7)40(48)55-34)56-35-23-43(11,50-15)39(31(8)53-35)54-32(9)47/h20,25,27-31,33-39,41,49H,16-17,19,21-24H2,1-15H3/b26-20+/t25-,27-,28-,29+,30-,31+,33+,34-,35+,36+,37-,38-,39+,41+,42-,43-/m1/s1. The molecule has 0 aromatic rings. The molecule has 0 aromatic carbocycles. The molecule has 14 nitrogen and oxygen atoms in total. The first kappa shape index (κ1) is 49.2. The molecule has 0 aromatic heterocycles. The fourth-order valence-electron chi connectivity index (χ4n) is 9.11. The summed E-state index contributed by atoms with van der Waals surface area (Å²) in [5.74, 6) is -2.41. The molecule has 0 aliphatic carbocycles. The van der Waals surface area contributed by atoms with E-state index in [1.165, 1.54) is 6.92 Å². The molecule has 3 heterocycles. The Hall–Kier alpha value is -2.19. The van der Waals surface area contributed by atoms with Gasteiger partial charge in [-0.2, -0.15) is 5.26 Å². The molecular formula is C43H75N3O11. The van der Waals surface area contributed by atoms with Crippen molar-refractivity contribution in [2.45, 2.75) is 187 Å². The second-order valence-corrected chi connectivity index (χ2v) is 17.7. The second-order valence-electron chi connectivity index (χ2n) is 17.7. The molecule has 2 saturated heterocycles. The van der Waals surface area contributed by atoms with E-state index in [4.69, 9.17) is 37.9 Å². The van der Waals surface area contributed by atoms with E-state index >= 15 is 0 Å². The molecule has 16 atom stereocenters. The van der Waals surface area contributed by atoms with Crippen molar-refractivity contribution >= 4 is 11.9 Å². The maximum atomic E-state index is 14.4. The molecule has 14 heteroatoms. The van der Waals surface area contributed by atoms with E-state index < -0.39 is 84.2 Å². The summed E-state index contributed by atoms with van der Waals surface area (Å²) in [5, 5.41) is 22.1. The molecule has 0 spiro atoms. The van der Waals surface area contributed by atoms with Crippen LogP contribution in [0.25, 0.3) is 0 Å². The third-order valence-corrected chi connectivity index (χ3v) is 12.3. The van der Waals surface area contributed by atoms with Gasteiger partial charge in [-0.05, 0) is 100 Å². The average Bonchev–Trinajstić information content (AvgIpc) is 3.12. The molecular weight excluding hydrogens is 734 g/mol. The number of aliphatic hydroxyl groups is 1. The average molecular weight is 810 g/mol. The van der Waals surface area contributed by atoms with E-state index in [0.717, 1.165) is 5.57 Å². The van der Waals surface area contributed by atoms with Crippen LogP contribution in [0.4, 0.5) is 0 Å². The maximum absolute atomic E-state index is 14.4. The van der Waals surface area contributed by atoms with Crippen LogP contribution >= 0.6 is 0 Å². The number of ether oxygens (including phenoxy) is 8. The Labute approximate surface area is 342 Å². The lowest BCUT2D eigenvalue weighted by atomic mass is 9.77. The molecule has 0 bridgehead atoms. The van der Waals surface area contributed by atoms with Gasteiger partial charge >= 0.3 is 11.9 Å². The van der Waals surface area contributed by atoms with Crippen molar-refractivity contribution in [2.24, 2.45) is 17.8 Å². The van der Waals surface area contributed by atoms with Gasteiger partial charge in [-0.15, -0.1) is 0 Å². The summed E-state index contributed by atoms with van der Waals surface area (Å²) in [7, 11) is 7.57. The molecule has 328 valence electrons. The number of hydrogen-bond donors (Lipinski definition) is 1. The number of hydrogen-bond acceptors (Lipinski definition) is 14. The maximum Gasteiger partial charge on any atom is 0.311 e. The lowest BCUT2D eigenvalue weighted by Gasteiger charge is -2.49. The van der Waals surface area contributed by atoms with Gasteiger partial charge in [0, 0.05) is 45.0 Å². The fourth-order valence-corrected chi connectivity index (χ4v) is 9.11. The van der Waals surface area contributed by atoms with Crippen LogP contribution < -0.4 is 0 Å². The van der Waals surface area contributed by atoms with Crippen molar-refractivity contribution in [3.63, 3.8) is 0 Å². The molecule has 3 aliphatic rings. The Morgan fingerprint density at radius 3 is 2.32 bits per heavy atom. The summed E-state index contributed by atoms with van der Waals surface area (Å²) in [5.41, 5.74) is -1.49. The summed E-state index contributed by atoms with van der Waals surface area (Å²) in [6.45, 7) is 21.5. The Morgan fingerprint density at radius 1 is 1.07 bits per heavy atom. The zero-order valence-electron chi connectivity index (χ0n) is 37.5. The van der Waals surface area contributed by atoms with Gasteiger partial charge in [0.15, 0.2) is 18.7 Å². The Morgan fingerprint density at radius 2 is 1.74 bits per heavy atom. The monoisotopic (exact) mass is 810 g/mol. The molecule has 57 heavy (non-hydrogen) atoms. The number of carbonyl (C=O) groups excluding carboxylic acids is 2. The first-order chi connectivity index (χ1) is 26.6. The number of rotatable bonds is 11.